The quantitative estimate of drug-likeness (QED) is 0.542. The minimum atomic E-state index is -1.55. The number of nitrogens with two attached hydrogens (primary N) is 1. The molecule has 1 aromatic rings. The fourth-order valence-corrected chi connectivity index (χ4v) is 1.80. The molecule has 0 heterocycles. The van der Waals surface area contributed by atoms with Crippen molar-refractivity contribution in [2.45, 2.75) is 18.6 Å². The average Bonchev–Trinajstić information content (AvgIpc) is 2.26. The second kappa shape index (κ2) is 5.89. The summed E-state index contributed by atoms with van der Waals surface area (Å²) in [5.74, 6) is -0.804. The van der Waals surface area contributed by atoms with E-state index in [9.17, 15) is 25.1 Å². The van der Waals surface area contributed by atoms with Crippen LogP contribution in [0, 0.1) is 10.1 Å². The van der Waals surface area contributed by atoms with Gasteiger partial charge >= 0.3 is 0 Å². The Kier molecular flexibility index (Phi) is 4.76. The van der Waals surface area contributed by atoms with Gasteiger partial charge in [0.05, 0.1) is 23.0 Å². The predicted molar refractivity (Wildman–Crippen MR) is 65.6 cm³/mol. The summed E-state index contributed by atoms with van der Waals surface area (Å²) < 4.78 is 0.467. The summed E-state index contributed by atoms with van der Waals surface area (Å²) in [5.41, 5.74) is 4.46. The third kappa shape index (κ3) is 3.49. The summed E-state index contributed by atoms with van der Waals surface area (Å²) in [7, 11) is 0. The van der Waals surface area contributed by atoms with E-state index in [-0.39, 0.29) is 11.3 Å². The van der Waals surface area contributed by atoms with E-state index >= 15 is 0 Å². The first-order valence-electron chi connectivity index (χ1n) is 4.91. The van der Waals surface area contributed by atoms with Crippen molar-refractivity contribution in [3.8, 4) is 0 Å². The highest BCUT2D eigenvalue weighted by Gasteiger charge is 2.27. The van der Waals surface area contributed by atoms with Gasteiger partial charge in [0.2, 0.25) is 5.91 Å². The lowest BCUT2D eigenvalue weighted by Crippen LogP contribution is -2.26. The van der Waals surface area contributed by atoms with Crippen molar-refractivity contribution in [2.75, 3.05) is 0 Å². The van der Waals surface area contributed by atoms with E-state index in [1.54, 1.807) is 0 Å². The maximum Gasteiger partial charge on any atom is 0.276 e. The van der Waals surface area contributed by atoms with Crippen LogP contribution in [0.5, 0.6) is 0 Å². The van der Waals surface area contributed by atoms with Crippen molar-refractivity contribution >= 4 is 27.5 Å². The van der Waals surface area contributed by atoms with E-state index < -0.39 is 29.5 Å². The zero-order valence-corrected chi connectivity index (χ0v) is 10.7. The number of amides is 1. The molecule has 0 saturated heterocycles. The molecule has 0 saturated carbocycles. The van der Waals surface area contributed by atoms with Gasteiger partial charge in [-0.25, -0.2) is 0 Å². The van der Waals surface area contributed by atoms with Crippen molar-refractivity contribution < 1.29 is 19.9 Å². The van der Waals surface area contributed by atoms with Gasteiger partial charge in [-0.05, 0) is 12.1 Å². The molecule has 0 aliphatic heterocycles. The molecule has 18 heavy (non-hydrogen) atoms. The Labute approximate surface area is 111 Å². The molecular weight excluding hydrogens is 308 g/mol. The number of halogens is 1. The predicted octanol–water partition coefficient (Wildman–Crippen LogP) is 0.627. The molecule has 8 heteroatoms. The summed E-state index contributed by atoms with van der Waals surface area (Å²) >= 11 is 3.07. The Morgan fingerprint density at radius 1 is 1.50 bits per heavy atom. The monoisotopic (exact) mass is 318 g/mol. The lowest BCUT2D eigenvalue weighted by Gasteiger charge is -2.16. The van der Waals surface area contributed by atoms with Crippen LogP contribution in [-0.4, -0.2) is 27.1 Å². The second-order valence-corrected chi connectivity index (χ2v) is 4.56. The Balaban J connectivity index is 3.08. The molecule has 0 spiro atoms. The second-order valence-electron chi connectivity index (χ2n) is 3.64. The molecule has 1 aromatic carbocycles. The number of rotatable bonds is 5. The van der Waals surface area contributed by atoms with Crippen LogP contribution in [0.25, 0.3) is 0 Å². The van der Waals surface area contributed by atoms with Gasteiger partial charge in [-0.1, -0.05) is 15.9 Å². The summed E-state index contributed by atoms with van der Waals surface area (Å²) in [6.45, 7) is 0. The van der Waals surface area contributed by atoms with Gasteiger partial charge in [0.1, 0.15) is 6.10 Å². The first kappa shape index (κ1) is 14.6. The molecular formula is C10H11BrN2O5. The summed E-state index contributed by atoms with van der Waals surface area (Å²) in [4.78, 5) is 20.8. The first-order valence-corrected chi connectivity index (χ1v) is 5.70. The first-order chi connectivity index (χ1) is 8.32. The molecule has 2 unspecified atom stereocenters. The molecule has 1 amide bonds. The molecule has 0 aliphatic rings. The van der Waals surface area contributed by atoms with E-state index in [4.69, 9.17) is 5.73 Å². The molecule has 4 N–H and O–H groups in total. The molecule has 0 radical (unpaired) electrons. The van der Waals surface area contributed by atoms with Gasteiger partial charge in [-0.2, -0.15) is 0 Å². The topological polar surface area (TPSA) is 127 Å². The molecule has 2 atom stereocenters. The fraction of sp³-hybridized carbons (Fsp3) is 0.300. The van der Waals surface area contributed by atoms with Gasteiger partial charge < -0.3 is 15.9 Å². The minimum Gasteiger partial charge on any atom is -0.390 e. The molecule has 1 rings (SSSR count). The van der Waals surface area contributed by atoms with Crippen LogP contribution in [0.2, 0.25) is 0 Å². The highest BCUT2D eigenvalue weighted by atomic mass is 79.9. The number of carbonyl (C=O) groups excluding carboxylic acids is 1. The molecule has 7 nitrogen and oxygen atoms in total. The van der Waals surface area contributed by atoms with Gasteiger partial charge in [0.15, 0.2) is 0 Å². The number of nitro groups is 1. The maximum atomic E-state index is 10.8. The van der Waals surface area contributed by atoms with Gasteiger partial charge in [-0.15, -0.1) is 0 Å². The van der Waals surface area contributed by atoms with E-state index in [0.29, 0.717) is 4.47 Å². The van der Waals surface area contributed by atoms with E-state index in [1.165, 1.54) is 18.2 Å². The van der Waals surface area contributed by atoms with Crippen LogP contribution in [0.3, 0.4) is 0 Å². The number of primary amides is 1. The minimum absolute atomic E-state index is 0.0723. The van der Waals surface area contributed by atoms with E-state index in [1.807, 2.05) is 0 Å². The molecule has 98 valence electrons. The lowest BCUT2D eigenvalue weighted by molar-refractivity contribution is -0.386. The van der Waals surface area contributed by atoms with Crippen LogP contribution in [0.4, 0.5) is 5.69 Å². The zero-order valence-electron chi connectivity index (χ0n) is 9.12. The van der Waals surface area contributed by atoms with E-state index in [2.05, 4.69) is 15.9 Å². The Bertz CT molecular complexity index is 479. The van der Waals surface area contributed by atoms with Crippen LogP contribution >= 0.6 is 15.9 Å². The van der Waals surface area contributed by atoms with E-state index in [0.717, 1.165) is 0 Å². The number of aliphatic hydroxyl groups is 2. The highest BCUT2D eigenvalue weighted by Crippen LogP contribution is 2.30. The van der Waals surface area contributed by atoms with Gasteiger partial charge in [0, 0.05) is 10.5 Å². The largest absolute Gasteiger partial charge is 0.390 e. The number of hydrogen-bond acceptors (Lipinski definition) is 5. The van der Waals surface area contributed by atoms with Crippen LogP contribution < -0.4 is 5.73 Å². The van der Waals surface area contributed by atoms with Crippen LogP contribution in [0.15, 0.2) is 22.7 Å². The van der Waals surface area contributed by atoms with Crippen molar-refractivity contribution in [3.63, 3.8) is 0 Å². The lowest BCUT2D eigenvalue weighted by atomic mass is 10.0. The summed E-state index contributed by atoms with van der Waals surface area (Å²) in [6.07, 6.45) is -3.51. The SMILES string of the molecule is NC(=O)CC(O)C(O)c1ccc(Br)cc1[N+](=O)[O-]. The zero-order chi connectivity index (χ0) is 13.9. The third-order valence-corrected chi connectivity index (χ3v) is 2.78. The van der Waals surface area contributed by atoms with Crippen molar-refractivity contribution in [1.82, 2.24) is 0 Å². The summed E-state index contributed by atoms with van der Waals surface area (Å²) in [5, 5.41) is 30.1. The summed E-state index contributed by atoms with van der Waals surface area (Å²) in [6, 6.07) is 4.00. The van der Waals surface area contributed by atoms with Crippen molar-refractivity contribution in [1.29, 1.82) is 0 Å². The standard InChI is InChI=1S/C10H11BrN2O5/c11-5-1-2-6(7(3-5)13(17)18)10(16)8(14)4-9(12)15/h1-3,8,10,14,16H,4H2,(H2,12,15). The van der Waals surface area contributed by atoms with Crippen molar-refractivity contribution in [3.05, 3.63) is 38.3 Å². The number of nitro benzene ring substituents is 1. The highest BCUT2D eigenvalue weighted by molar-refractivity contribution is 9.10. The smallest absolute Gasteiger partial charge is 0.276 e. The van der Waals surface area contributed by atoms with Crippen molar-refractivity contribution in [2.24, 2.45) is 5.73 Å². The Hall–Kier alpha value is -1.51. The number of carbonyl (C=O) groups is 1. The van der Waals surface area contributed by atoms with Crippen LogP contribution in [-0.2, 0) is 4.79 Å². The maximum absolute atomic E-state index is 10.8. The molecule has 0 bridgehead atoms. The fourth-order valence-electron chi connectivity index (χ4n) is 1.45. The van der Waals surface area contributed by atoms with Gasteiger partial charge in [0.25, 0.3) is 5.69 Å². The third-order valence-electron chi connectivity index (χ3n) is 2.28. The number of benzene rings is 1. The Morgan fingerprint density at radius 3 is 2.61 bits per heavy atom. The van der Waals surface area contributed by atoms with Crippen LogP contribution in [0.1, 0.15) is 18.1 Å². The normalized spacial score (nSPS) is 13.9. The average molecular weight is 319 g/mol. The molecule has 0 aromatic heterocycles. The number of hydrogen-bond donors (Lipinski definition) is 3. The number of nitrogens with zero attached hydrogens (tertiary/aromatic N) is 1. The molecule has 0 aliphatic carbocycles. The van der Waals surface area contributed by atoms with Gasteiger partial charge in [-0.3, -0.25) is 14.9 Å². The Morgan fingerprint density at radius 2 is 2.11 bits per heavy atom. The molecule has 0 fully saturated rings. The number of aliphatic hydroxyl groups excluding tert-OH is 2.